The number of rotatable bonds is 7. The Morgan fingerprint density at radius 2 is 1.86 bits per heavy atom. The molecule has 0 saturated heterocycles. The molecule has 0 N–H and O–H groups in total. The third-order valence-electron chi connectivity index (χ3n) is 3.31. The van der Waals surface area contributed by atoms with E-state index in [1.165, 1.54) is 5.56 Å². The Bertz CT molecular complexity index is 569. The Balaban J connectivity index is 1.96. The average molecular weight is 304 g/mol. The van der Waals surface area contributed by atoms with E-state index in [9.17, 15) is 0 Å². The highest BCUT2D eigenvalue weighted by molar-refractivity contribution is 6.30. The number of para-hydroxylation sites is 1. The van der Waals surface area contributed by atoms with Gasteiger partial charge in [0.25, 0.3) is 0 Å². The van der Waals surface area contributed by atoms with Crippen molar-refractivity contribution in [3.05, 3.63) is 64.7 Å². The van der Waals surface area contributed by atoms with Crippen molar-refractivity contribution >= 4 is 11.6 Å². The Morgan fingerprint density at radius 3 is 2.62 bits per heavy atom. The summed E-state index contributed by atoms with van der Waals surface area (Å²) in [5.74, 6) is 0.969. The lowest BCUT2D eigenvalue weighted by Gasteiger charge is -2.13. The van der Waals surface area contributed by atoms with Crippen LogP contribution in [0.2, 0.25) is 5.02 Å². The molecule has 0 aliphatic heterocycles. The summed E-state index contributed by atoms with van der Waals surface area (Å²) in [6, 6.07) is 16.1. The summed E-state index contributed by atoms with van der Waals surface area (Å²) in [6.07, 6.45) is 2.16. The summed E-state index contributed by atoms with van der Waals surface area (Å²) in [5, 5.41) is 0.746. The summed E-state index contributed by atoms with van der Waals surface area (Å²) in [5.41, 5.74) is 2.35. The van der Waals surface area contributed by atoms with Crippen LogP contribution in [0.4, 0.5) is 0 Å². The van der Waals surface area contributed by atoms with Gasteiger partial charge in [-0.25, -0.2) is 0 Å². The highest BCUT2D eigenvalue weighted by atomic mass is 35.5. The fourth-order valence-corrected chi connectivity index (χ4v) is 2.44. The normalized spacial score (nSPS) is 10.9. The molecule has 0 aliphatic carbocycles. The Labute approximate surface area is 132 Å². The second-order valence-corrected chi connectivity index (χ2v) is 5.87. The minimum Gasteiger partial charge on any atom is -0.489 e. The number of aryl methyl sites for hydroxylation is 1. The maximum absolute atomic E-state index is 6.00. The van der Waals surface area contributed by atoms with Crippen molar-refractivity contribution in [2.45, 2.75) is 19.4 Å². The molecule has 0 atom stereocenters. The molecule has 0 aliphatic rings. The fourth-order valence-electron chi connectivity index (χ4n) is 2.22. The molecule has 2 rings (SSSR count). The highest BCUT2D eigenvalue weighted by Crippen LogP contribution is 2.21. The largest absolute Gasteiger partial charge is 0.489 e. The van der Waals surface area contributed by atoms with Crippen LogP contribution in [0.1, 0.15) is 17.5 Å². The van der Waals surface area contributed by atoms with Crippen LogP contribution >= 0.6 is 11.6 Å². The fraction of sp³-hybridized carbons (Fsp3) is 0.333. The topological polar surface area (TPSA) is 12.5 Å². The zero-order chi connectivity index (χ0) is 15.1. The van der Waals surface area contributed by atoms with Gasteiger partial charge in [0.2, 0.25) is 0 Å². The van der Waals surface area contributed by atoms with Crippen LogP contribution in [0.5, 0.6) is 5.75 Å². The van der Waals surface area contributed by atoms with E-state index in [0.717, 1.165) is 35.7 Å². The minimum absolute atomic E-state index is 0.547. The molecule has 2 aromatic rings. The Morgan fingerprint density at radius 1 is 1.05 bits per heavy atom. The van der Waals surface area contributed by atoms with Crippen molar-refractivity contribution in [3.63, 3.8) is 0 Å². The van der Waals surface area contributed by atoms with Crippen molar-refractivity contribution in [1.29, 1.82) is 0 Å². The molecule has 21 heavy (non-hydrogen) atoms. The first-order valence-electron chi connectivity index (χ1n) is 7.25. The molecule has 3 heteroatoms. The van der Waals surface area contributed by atoms with Crippen LogP contribution in [0.3, 0.4) is 0 Å². The zero-order valence-electron chi connectivity index (χ0n) is 12.7. The highest BCUT2D eigenvalue weighted by Gasteiger charge is 2.04. The molecular weight excluding hydrogens is 282 g/mol. The van der Waals surface area contributed by atoms with Gasteiger partial charge >= 0.3 is 0 Å². The Kier molecular flexibility index (Phi) is 6.09. The first-order valence-corrected chi connectivity index (χ1v) is 7.63. The van der Waals surface area contributed by atoms with Crippen molar-refractivity contribution in [2.24, 2.45) is 0 Å². The summed E-state index contributed by atoms with van der Waals surface area (Å²) < 4.78 is 5.96. The maximum Gasteiger partial charge on any atom is 0.122 e. The molecule has 0 spiro atoms. The molecule has 0 fully saturated rings. The van der Waals surface area contributed by atoms with Crippen molar-refractivity contribution in [1.82, 2.24) is 4.90 Å². The number of nitrogens with zero attached hydrogens (tertiary/aromatic N) is 1. The summed E-state index contributed by atoms with van der Waals surface area (Å²) in [7, 11) is 4.20. The van der Waals surface area contributed by atoms with Gasteiger partial charge in [0.05, 0.1) is 0 Å². The SMILES string of the molecule is CN(C)CCCc1ccccc1OCc1cccc(Cl)c1. The van der Waals surface area contributed by atoms with Crippen LogP contribution in [0, 0.1) is 0 Å². The standard InChI is InChI=1S/C18H22ClNO/c1-20(2)12-6-9-16-8-3-4-11-18(16)21-14-15-7-5-10-17(19)13-15/h3-5,7-8,10-11,13H,6,9,12,14H2,1-2H3. The Hall–Kier alpha value is -1.51. The molecule has 2 nitrogen and oxygen atoms in total. The average Bonchev–Trinajstić information content (AvgIpc) is 2.46. The molecule has 112 valence electrons. The number of hydrogen-bond acceptors (Lipinski definition) is 2. The minimum atomic E-state index is 0.547. The summed E-state index contributed by atoms with van der Waals surface area (Å²) in [6.45, 7) is 1.63. The van der Waals surface area contributed by atoms with E-state index in [1.807, 2.05) is 36.4 Å². The lowest BCUT2D eigenvalue weighted by molar-refractivity contribution is 0.302. The van der Waals surface area contributed by atoms with Gasteiger partial charge in [-0.05, 0) is 62.8 Å². The van der Waals surface area contributed by atoms with E-state index < -0.39 is 0 Å². The summed E-state index contributed by atoms with van der Waals surface area (Å²) in [4.78, 5) is 2.20. The number of benzene rings is 2. The first-order chi connectivity index (χ1) is 10.1. The number of ether oxygens (including phenoxy) is 1. The van der Waals surface area contributed by atoms with Gasteiger partial charge in [0, 0.05) is 5.02 Å². The molecule has 0 amide bonds. The quantitative estimate of drug-likeness (QED) is 0.751. The van der Waals surface area contributed by atoms with E-state index in [1.54, 1.807) is 0 Å². The van der Waals surface area contributed by atoms with Gasteiger partial charge in [-0.2, -0.15) is 0 Å². The van der Waals surface area contributed by atoms with E-state index >= 15 is 0 Å². The molecule has 0 unspecified atom stereocenters. The van der Waals surface area contributed by atoms with Gasteiger partial charge in [-0.3, -0.25) is 0 Å². The maximum atomic E-state index is 6.00. The van der Waals surface area contributed by atoms with E-state index in [2.05, 4.69) is 31.1 Å². The molecule has 0 saturated carbocycles. The predicted octanol–water partition coefficient (Wildman–Crippen LogP) is 4.41. The first kappa shape index (κ1) is 15.9. The predicted molar refractivity (Wildman–Crippen MR) is 89.1 cm³/mol. The van der Waals surface area contributed by atoms with Gasteiger partial charge in [0.15, 0.2) is 0 Å². The van der Waals surface area contributed by atoms with Crippen LogP contribution in [0.15, 0.2) is 48.5 Å². The molecule has 2 aromatic carbocycles. The summed E-state index contributed by atoms with van der Waals surface area (Å²) >= 11 is 6.00. The number of halogens is 1. The second-order valence-electron chi connectivity index (χ2n) is 5.43. The molecule has 0 heterocycles. The second kappa shape index (κ2) is 8.06. The van der Waals surface area contributed by atoms with Crippen molar-refractivity contribution in [2.75, 3.05) is 20.6 Å². The van der Waals surface area contributed by atoms with Crippen LogP contribution < -0.4 is 4.74 Å². The lowest BCUT2D eigenvalue weighted by atomic mass is 10.1. The lowest BCUT2D eigenvalue weighted by Crippen LogP contribution is -2.13. The van der Waals surface area contributed by atoms with E-state index in [4.69, 9.17) is 16.3 Å². The van der Waals surface area contributed by atoms with Crippen molar-refractivity contribution < 1.29 is 4.74 Å². The smallest absolute Gasteiger partial charge is 0.122 e. The van der Waals surface area contributed by atoms with Crippen LogP contribution in [0.25, 0.3) is 0 Å². The zero-order valence-corrected chi connectivity index (χ0v) is 13.4. The van der Waals surface area contributed by atoms with E-state index in [0.29, 0.717) is 6.61 Å². The number of hydrogen-bond donors (Lipinski definition) is 0. The van der Waals surface area contributed by atoms with Gasteiger partial charge in [-0.15, -0.1) is 0 Å². The molecule has 0 radical (unpaired) electrons. The monoisotopic (exact) mass is 303 g/mol. The van der Waals surface area contributed by atoms with Gasteiger partial charge < -0.3 is 9.64 Å². The van der Waals surface area contributed by atoms with Crippen LogP contribution in [-0.2, 0) is 13.0 Å². The molecule has 0 aromatic heterocycles. The van der Waals surface area contributed by atoms with Crippen LogP contribution in [-0.4, -0.2) is 25.5 Å². The van der Waals surface area contributed by atoms with Gasteiger partial charge in [0.1, 0.15) is 12.4 Å². The third-order valence-corrected chi connectivity index (χ3v) is 3.54. The third kappa shape index (κ3) is 5.41. The van der Waals surface area contributed by atoms with Crippen molar-refractivity contribution in [3.8, 4) is 5.75 Å². The molecular formula is C18H22ClNO. The molecule has 0 bridgehead atoms. The van der Waals surface area contributed by atoms with E-state index in [-0.39, 0.29) is 0 Å². The van der Waals surface area contributed by atoms with Gasteiger partial charge in [-0.1, -0.05) is 41.9 Å².